The van der Waals surface area contributed by atoms with Gasteiger partial charge in [0.05, 0.1) is 11.4 Å². The van der Waals surface area contributed by atoms with Gasteiger partial charge in [-0.05, 0) is 24.6 Å². The predicted molar refractivity (Wildman–Crippen MR) is 105 cm³/mol. The Morgan fingerprint density at radius 2 is 1.85 bits per heavy atom. The average Bonchev–Trinajstić information content (AvgIpc) is 3.30. The number of nitrogens with one attached hydrogen (secondary N) is 1. The molecule has 6 nitrogen and oxygen atoms in total. The molecule has 7 heteroatoms. The molecule has 2 heterocycles. The zero-order valence-corrected chi connectivity index (χ0v) is 15.7. The first-order valence-electron chi connectivity index (χ1n) is 8.44. The van der Waals surface area contributed by atoms with Crippen LogP contribution in [-0.4, -0.2) is 25.8 Å². The van der Waals surface area contributed by atoms with Gasteiger partial charge in [0.1, 0.15) is 0 Å². The number of aryl methyl sites for hydroxylation is 1. The second-order valence-corrected chi connectivity index (χ2v) is 7.07. The highest BCUT2D eigenvalue weighted by atomic mass is 32.1. The molecule has 4 rings (SSSR count). The van der Waals surface area contributed by atoms with Crippen molar-refractivity contribution in [2.24, 2.45) is 4.99 Å². The minimum absolute atomic E-state index is 0.0995. The van der Waals surface area contributed by atoms with Gasteiger partial charge >= 0.3 is 0 Å². The maximum absolute atomic E-state index is 11.8. The Morgan fingerprint density at radius 1 is 1.11 bits per heavy atom. The molecule has 2 aromatic carbocycles. The van der Waals surface area contributed by atoms with E-state index in [-0.39, 0.29) is 5.78 Å². The van der Waals surface area contributed by atoms with Crippen LogP contribution in [0.3, 0.4) is 0 Å². The number of rotatable bonds is 4. The molecule has 0 saturated heterocycles. The number of para-hydroxylation sites is 1. The van der Waals surface area contributed by atoms with Crippen LogP contribution in [0.4, 0.5) is 5.69 Å². The largest absolute Gasteiger partial charge is 0.292 e. The van der Waals surface area contributed by atoms with Crippen LogP contribution in [0.15, 0.2) is 65.7 Å². The number of hydrogen-bond donors (Lipinski definition) is 1. The fourth-order valence-electron chi connectivity index (χ4n) is 2.56. The van der Waals surface area contributed by atoms with Crippen molar-refractivity contribution in [3.63, 3.8) is 0 Å². The van der Waals surface area contributed by atoms with E-state index < -0.39 is 0 Å². The summed E-state index contributed by atoms with van der Waals surface area (Å²) < 4.78 is 1.60. The third-order valence-electron chi connectivity index (χ3n) is 3.99. The highest BCUT2D eigenvalue weighted by molar-refractivity contribution is 7.11. The van der Waals surface area contributed by atoms with Crippen molar-refractivity contribution in [3.05, 3.63) is 76.0 Å². The van der Waals surface area contributed by atoms with Gasteiger partial charge in [-0.25, -0.2) is 4.99 Å². The molecule has 0 amide bonds. The molecule has 0 aliphatic rings. The van der Waals surface area contributed by atoms with Crippen LogP contribution in [0.25, 0.3) is 17.1 Å². The molecule has 0 aliphatic carbocycles. The SMILES string of the molecule is CC(=O)c1nn(-c2cc(-c3ccc(C)cc3)[nH]n2)c(=Nc2ccccc2)s1. The Bertz CT molecular complexity index is 1150. The van der Waals surface area contributed by atoms with Gasteiger partial charge < -0.3 is 0 Å². The maximum Gasteiger partial charge on any atom is 0.215 e. The van der Waals surface area contributed by atoms with Crippen LogP contribution in [0.5, 0.6) is 0 Å². The highest BCUT2D eigenvalue weighted by Gasteiger charge is 2.13. The number of carbonyl (C=O) groups excluding carboxylic acids is 1. The van der Waals surface area contributed by atoms with E-state index in [1.54, 1.807) is 4.68 Å². The van der Waals surface area contributed by atoms with Crippen molar-refractivity contribution in [2.75, 3.05) is 0 Å². The lowest BCUT2D eigenvalue weighted by atomic mass is 10.1. The molecular weight excluding hydrogens is 358 g/mol. The van der Waals surface area contributed by atoms with Crippen LogP contribution in [-0.2, 0) is 0 Å². The van der Waals surface area contributed by atoms with E-state index in [0.29, 0.717) is 15.6 Å². The number of aromatic amines is 1. The Hall–Kier alpha value is -3.32. The standard InChI is InChI=1S/C20H17N5OS/c1-13-8-10-15(11-9-13)17-12-18(23-22-17)25-20(27-19(24-25)14(2)26)21-16-6-4-3-5-7-16/h3-12H,1-2H3,(H,22,23). The molecule has 0 saturated carbocycles. The minimum Gasteiger partial charge on any atom is -0.292 e. The van der Waals surface area contributed by atoms with Crippen molar-refractivity contribution in [1.82, 2.24) is 20.0 Å². The molecule has 27 heavy (non-hydrogen) atoms. The average molecular weight is 375 g/mol. The number of benzene rings is 2. The van der Waals surface area contributed by atoms with Gasteiger partial charge in [0, 0.05) is 13.0 Å². The maximum atomic E-state index is 11.8. The first-order valence-corrected chi connectivity index (χ1v) is 9.25. The van der Waals surface area contributed by atoms with Crippen LogP contribution >= 0.6 is 11.3 Å². The summed E-state index contributed by atoms with van der Waals surface area (Å²) in [5.41, 5.74) is 3.89. The van der Waals surface area contributed by atoms with Crippen molar-refractivity contribution in [3.8, 4) is 17.1 Å². The second-order valence-electron chi connectivity index (χ2n) is 6.11. The van der Waals surface area contributed by atoms with Gasteiger partial charge in [-0.2, -0.15) is 9.78 Å². The number of nitrogens with zero attached hydrogens (tertiary/aromatic N) is 4. The van der Waals surface area contributed by atoms with E-state index in [1.807, 2.05) is 55.5 Å². The number of aromatic nitrogens is 4. The Kier molecular flexibility index (Phi) is 4.52. The number of hydrogen-bond acceptors (Lipinski definition) is 5. The van der Waals surface area contributed by atoms with E-state index in [1.165, 1.54) is 23.8 Å². The molecule has 0 spiro atoms. The number of H-pyrrole nitrogens is 1. The van der Waals surface area contributed by atoms with Gasteiger partial charge in [-0.3, -0.25) is 9.89 Å². The third-order valence-corrected chi connectivity index (χ3v) is 5.00. The molecule has 0 unspecified atom stereocenters. The first kappa shape index (κ1) is 17.1. The second kappa shape index (κ2) is 7.13. The Morgan fingerprint density at radius 3 is 2.56 bits per heavy atom. The van der Waals surface area contributed by atoms with Crippen LogP contribution in [0.2, 0.25) is 0 Å². The van der Waals surface area contributed by atoms with E-state index in [0.717, 1.165) is 16.9 Å². The summed E-state index contributed by atoms with van der Waals surface area (Å²) >= 11 is 1.25. The Labute approximate surface area is 159 Å². The summed E-state index contributed by atoms with van der Waals surface area (Å²) in [6, 6.07) is 19.6. The van der Waals surface area contributed by atoms with Crippen LogP contribution < -0.4 is 4.80 Å². The van der Waals surface area contributed by atoms with Crippen LogP contribution in [0, 0.1) is 6.92 Å². The van der Waals surface area contributed by atoms with Crippen molar-refractivity contribution in [2.45, 2.75) is 13.8 Å². The van der Waals surface area contributed by atoms with Crippen LogP contribution in [0.1, 0.15) is 22.3 Å². The fourth-order valence-corrected chi connectivity index (χ4v) is 3.37. The summed E-state index contributed by atoms with van der Waals surface area (Å²) in [5, 5.41) is 12.2. The number of carbonyl (C=O) groups is 1. The lowest BCUT2D eigenvalue weighted by molar-refractivity contribution is 0.101. The molecule has 0 bridgehead atoms. The zero-order valence-electron chi connectivity index (χ0n) is 14.9. The third kappa shape index (κ3) is 3.63. The predicted octanol–water partition coefficient (Wildman–Crippen LogP) is 4.07. The molecule has 0 atom stereocenters. The summed E-state index contributed by atoms with van der Waals surface area (Å²) in [6.07, 6.45) is 0. The molecule has 2 aromatic heterocycles. The summed E-state index contributed by atoms with van der Waals surface area (Å²) in [4.78, 5) is 17.0. The topological polar surface area (TPSA) is 75.9 Å². The molecule has 1 N–H and O–H groups in total. The Balaban J connectivity index is 1.81. The van der Waals surface area contributed by atoms with Crippen molar-refractivity contribution >= 4 is 22.8 Å². The highest BCUT2D eigenvalue weighted by Crippen LogP contribution is 2.20. The molecule has 0 fully saturated rings. The number of Topliss-reactive ketones (excluding diaryl/α,β-unsaturated/α-hetero) is 1. The lowest BCUT2D eigenvalue weighted by Gasteiger charge is -1.97. The van der Waals surface area contributed by atoms with Crippen molar-refractivity contribution < 1.29 is 4.79 Å². The summed E-state index contributed by atoms with van der Waals surface area (Å²) in [7, 11) is 0. The zero-order chi connectivity index (χ0) is 18.8. The van der Waals surface area contributed by atoms with E-state index in [9.17, 15) is 4.79 Å². The quantitative estimate of drug-likeness (QED) is 0.546. The molecule has 134 valence electrons. The van der Waals surface area contributed by atoms with E-state index in [2.05, 4.69) is 32.4 Å². The van der Waals surface area contributed by atoms with Gasteiger partial charge in [0.25, 0.3) is 0 Å². The molecule has 4 aromatic rings. The first-order chi connectivity index (χ1) is 13.1. The number of ketones is 1. The molecular formula is C20H17N5OS. The summed E-state index contributed by atoms with van der Waals surface area (Å²) in [5.74, 6) is 0.488. The van der Waals surface area contributed by atoms with E-state index >= 15 is 0 Å². The van der Waals surface area contributed by atoms with Gasteiger partial charge in [-0.15, -0.1) is 5.10 Å². The fraction of sp³-hybridized carbons (Fsp3) is 0.100. The monoisotopic (exact) mass is 375 g/mol. The molecule has 0 aliphatic heterocycles. The lowest BCUT2D eigenvalue weighted by Crippen LogP contribution is -2.14. The summed E-state index contributed by atoms with van der Waals surface area (Å²) in [6.45, 7) is 3.55. The van der Waals surface area contributed by atoms with Gasteiger partial charge in [0.2, 0.25) is 4.80 Å². The smallest absolute Gasteiger partial charge is 0.215 e. The normalized spacial score (nSPS) is 11.7. The van der Waals surface area contributed by atoms with Crippen molar-refractivity contribution in [1.29, 1.82) is 0 Å². The van der Waals surface area contributed by atoms with Gasteiger partial charge in [0.15, 0.2) is 16.6 Å². The minimum atomic E-state index is -0.0995. The van der Waals surface area contributed by atoms with Gasteiger partial charge in [-0.1, -0.05) is 59.4 Å². The van der Waals surface area contributed by atoms with E-state index in [4.69, 9.17) is 0 Å². The molecule has 0 radical (unpaired) electrons.